The molecule has 4 heteroatoms. The lowest BCUT2D eigenvalue weighted by Crippen LogP contribution is -2.28. The zero-order chi connectivity index (χ0) is 7.07. The van der Waals surface area contributed by atoms with Crippen molar-refractivity contribution in [1.29, 1.82) is 0 Å². The third-order valence-corrected chi connectivity index (χ3v) is 2.47. The van der Waals surface area contributed by atoms with Crippen LogP contribution in [0.3, 0.4) is 0 Å². The highest BCUT2D eigenvalue weighted by molar-refractivity contribution is 6.50. The van der Waals surface area contributed by atoms with Crippen LogP contribution >= 0.6 is 23.2 Å². The number of nitrogens with two attached hydrogens (primary N) is 1. The third-order valence-electron chi connectivity index (χ3n) is 1.60. The summed E-state index contributed by atoms with van der Waals surface area (Å²) in [5, 5.41) is 8.54. The second kappa shape index (κ2) is 2.27. The van der Waals surface area contributed by atoms with Crippen LogP contribution in [0.2, 0.25) is 0 Å². The molecule has 2 nitrogen and oxygen atoms in total. The van der Waals surface area contributed by atoms with Crippen molar-refractivity contribution in [3.05, 3.63) is 0 Å². The summed E-state index contributed by atoms with van der Waals surface area (Å²) >= 11 is 11.3. The normalized spacial score (nSPS) is 34.0. The quantitative estimate of drug-likeness (QED) is 0.592. The molecule has 1 saturated carbocycles. The molecule has 2 atom stereocenters. The molecule has 0 aromatic heterocycles. The van der Waals surface area contributed by atoms with E-state index in [0.29, 0.717) is 6.42 Å². The molecule has 1 aliphatic carbocycles. The maximum Gasteiger partial charge on any atom is 0.123 e. The molecule has 0 spiro atoms. The molecule has 0 amide bonds. The van der Waals surface area contributed by atoms with Crippen molar-refractivity contribution < 1.29 is 5.11 Å². The van der Waals surface area contributed by atoms with Gasteiger partial charge in [0.15, 0.2) is 0 Å². The lowest BCUT2D eigenvalue weighted by atomic mass is 10.2. The molecule has 0 aliphatic heterocycles. The van der Waals surface area contributed by atoms with Crippen LogP contribution in [0.5, 0.6) is 0 Å². The van der Waals surface area contributed by atoms with Gasteiger partial charge in [-0.3, -0.25) is 0 Å². The minimum atomic E-state index is -0.651. The fraction of sp³-hybridized carbons (Fsp3) is 1.00. The van der Waals surface area contributed by atoms with E-state index < -0.39 is 4.33 Å². The predicted molar refractivity (Wildman–Crippen MR) is 37.6 cm³/mol. The highest BCUT2D eigenvalue weighted by Gasteiger charge is 2.54. The van der Waals surface area contributed by atoms with Gasteiger partial charge < -0.3 is 10.8 Å². The Morgan fingerprint density at radius 1 is 1.78 bits per heavy atom. The Morgan fingerprint density at radius 2 is 2.22 bits per heavy atom. The summed E-state index contributed by atoms with van der Waals surface area (Å²) in [6.45, 7) is -0.0359. The Hall–Kier alpha value is 0.500. The maximum atomic E-state index is 8.54. The maximum absolute atomic E-state index is 8.54. The van der Waals surface area contributed by atoms with Crippen LogP contribution in [0.4, 0.5) is 0 Å². The molecule has 2 unspecified atom stereocenters. The van der Waals surface area contributed by atoms with Gasteiger partial charge in [-0.1, -0.05) is 0 Å². The molecule has 0 heterocycles. The minimum absolute atomic E-state index is 0.0359. The van der Waals surface area contributed by atoms with E-state index in [0.717, 1.165) is 0 Å². The van der Waals surface area contributed by atoms with E-state index in [1.165, 1.54) is 0 Å². The molecular weight excluding hydrogens is 161 g/mol. The number of hydrogen-bond donors (Lipinski definition) is 2. The molecule has 9 heavy (non-hydrogen) atoms. The monoisotopic (exact) mass is 169 g/mol. The van der Waals surface area contributed by atoms with Gasteiger partial charge in [-0.2, -0.15) is 0 Å². The number of alkyl halides is 2. The summed E-state index contributed by atoms with van der Waals surface area (Å²) in [5.41, 5.74) is 5.43. The van der Waals surface area contributed by atoms with E-state index >= 15 is 0 Å². The lowest BCUT2D eigenvalue weighted by molar-refractivity contribution is 0.253. The zero-order valence-electron chi connectivity index (χ0n) is 4.85. The predicted octanol–water partition coefficient (Wildman–Crippen LogP) is 0.500. The van der Waals surface area contributed by atoms with Crippen molar-refractivity contribution in [2.24, 2.45) is 11.7 Å². The third kappa shape index (κ3) is 1.49. The van der Waals surface area contributed by atoms with Crippen molar-refractivity contribution in [3.63, 3.8) is 0 Å². The number of aliphatic hydroxyl groups excluding tert-OH is 1. The molecule has 54 valence electrons. The fourth-order valence-corrected chi connectivity index (χ4v) is 1.48. The van der Waals surface area contributed by atoms with Crippen LogP contribution in [-0.2, 0) is 0 Å². The average Bonchev–Trinajstić information content (AvgIpc) is 2.38. The first-order valence-electron chi connectivity index (χ1n) is 2.82. The summed E-state index contributed by atoms with van der Waals surface area (Å²) < 4.78 is -0.651. The first-order chi connectivity index (χ1) is 4.08. The largest absolute Gasteiger partial charge is 0.395 e. The summed E-state index contributed by atoms with van der Waals surface area (Å²) in [4.78, 5) is 0. The standard InChI is InChI=1S/C5H9Cl2NO/c6-5(7)1-3(5)4(8)2-9/h3-4,9H,1-2,8H2. The van der Waals surface area contributed by atoms with Crippen molar-refractivity contribution in [3.8, 4) is 0 Å². The Balaban J connectivity index is 2.33. The van der Waals surface area contributed by atoms with Crippen molar-refractivity contribution >= 4 is 23.2 Å². The van der Waals surface area contributed by atoms with Crippen molar-refractivity contribution in [2.45, 2.75) is 16.8 Å². The van der Waals surface area contributed by atoms with Crippen LogP contribution < -0.4 is 5.73 Å². The summed E-state index contributed by atoms with van der Waals surface area (Å²) in [7, 11) is 0. The van der Waals surface area contributed by atoms with E-state index in [4.69, 9.17) is 34.0 Å². The highest BCUT2D eigenvalue weighted by Crippen LogP contribution is 2.54. The van der Waals surface area contributed by atoms with Crippen LogP contribution in [0.15, 0.2) is 0 Å². The first kappa shape index (κ1) is 7.61. The molecular formula is C5H9Cl2NO. The summed E-state index contributed by atoms with van der Waals surface area (Å²) in [5.74, 6) is 0.0887. The van der Waals surface area contributed by atoms with E-state index in [9.17, 15) is 0 Å². The van der Waals surface area contributed by atoms with E-state index in [-0.39, 0.29) is 18.6 Å². The van der Waals surface area contributed by atoms with Crippen LogP contribution in [0, 0.1) is 5.92 Å². The van der Waals surface area contributed by atoms with E-state index in [1.54, 1.807) is 0 Å². The second-order valence-electron chi connectivity index (χ2n) is 2.42. The number of aliphatic hydroxyl groups is 1. The molecule has 0 aromatic carbocycles. The Kier molecular flexibility index (Phi) is 1.92. The summed E-state index contributed by atoms with van der Waals surface area (Å²) in [6.07, 6.45) is 0.706. The van der Waals surface area contributed by atoms with Gasteiger partial charge in [0.05, 0.1) is 6.61 Å². The molecule has 1 fully saturated rings. The van der Waals surface area contributed by atoms with Crippen LogP contribution in [-0.4, -0.2) is 22.1 Å². The van der Waals surface area contributed by atoms with Crippen LogP contribution in [0.1, 0.15) is 6.42 Å². The van der Waals surface area contributed by atoms with Gasteiger partial charge in [0.25, 0.3) is 0 Å². The van der Waals surface area contributed by atoms with Gasteiger partial charge in [0.2, 0.25) is 0 Å². The van der Waals surface area contributed by atoms with Gasteiger partial charge in [0, 0.05) is 12.0 Å². The minimum Gasteiger partial charge on any atom is -0.395 e. The average molecular weight is 170 g/mol. The number of rotatable bonds is 2. The van der Waals surface area contributed by atoms with E-state index in [1.807, 2.05) is 0 Å². The van der Waals surface area contributed by atoms with E-state index in [2.05, 4.69) is 0 Å². The molecule has 1 aliphatic rings. The SMILES string of the molecule is NC(CO)C1CC1(Cl)Cl. The molecule has 3 N–H and O–H groups in total. The highest BCUT2D eigenvalue weighted by atomic mass is 35.5. The Bertz CT molecular complexity index is 118. The van der Waals surface area contributed by atoms with Gasteiger partial charge >= 0.3 is 0 Å². The number of halogens is 2. The van der Waals surface area contributed by atoms with Crippen LogP contribution in [0.25, 0.3) is 0 Å². The molecule has 0 aromatic rings. The molecule has 1 rings (SSSR count). The van der Waals surface area contributed by atoms with Gasteiger partial charge in [-0.15, -0.1) is 23.2 Å². The number of hydrogen-bond acceptors (Lipinski definition) is 2. The molecule has 0 bridgehead atoms. The van der Waals surface area contributed by atoms with Gasteiger partial charge in [0.1, 0.15) is 4.33 Å². The lowest BCUT2D eigenvalue weighted by Gasteiger charge is -2.05. The Morgan fingerprint density at radius 3 is 2.33 bits per heavy atom. The zero-order valence-corrected chi connectivity index (χ0v) is 6.36. The van der Waals surface area contributed by atoms with Gasteiger partial charge in [-0.05, 0) is 6.42 Å². The molecule has 0 radical (unpaired) electrons. The Labute approximate surface area is 63.9 Å². The van der Waals surface area contributed by atoms with Crippen molar-refractivity contribution in [2.75, 3.05) is 6.61 Å². The van der Waals surface area contributed by atoms with Crippen molar-refractivity contribution in [1.82, 2.24) is 0 Å². The second-order valence-corrected chi connectivity index (χ2v) is 3.96. The first-order valence-corrected chi connectivity index (χ1v) is 3.58. The molecule has 0 saturated heterocycles. The smallest absolute Gasteiger partial charge is 0.123 e. The summed E-state index contributed by atoms with van der Waals surface area (Å²) in [6, 6.07) is -0.250. The topological polar surface area (TPSA) is 46.2 Å². The van der Waals surface area contributed by atoms with Gasteiger partial charge in [-0.25, -0.2) is 0 Å². The fourth-order valence-electron chi connectivity index (χ4n) is 0.826.